The van der Waals surface area contributed by atoms with E-state index in [1.165, 1.54) is 0 Å². The molecule has 7 heteroatoms. The first-order valence-electron chi connectivity index (χ1n) is 5.20. The number of nitrogens with zero attached hydrogens (tertiary/aromatic N) is 2. The van der Waals surface area contributed by atoms with Gasteiger partial charge in [0.1, 0.15) is 10.6 Å². The molecule has 1 amide bonds. The molecule has 6 nitrogen and oxygen atoms in total. The quantitative estimate of drug-likeness (QED) is 0.820. The summed E-state index contributed by atoms with van der Waals surface area (Å²) in [6.07, 6.45) is 0. The molecule has 0 spiro atoms. The highest BCUT2D eigenvalue weighted by Gasteiger charge is 2.12. The van der Waals surface area contributed by atoms with Gasteiger partial charge in [0.2, 0.25) is 0 Å². The van der Waals surface area contributed by atoms with E-state index in [2.05, 4.69) is 20.4 Å². The van der Waals surface area contributed by atoms with E-state index in [1.54, 1.807) is 38.3 Å². The van der Waals surface area contributed by atoms with Crippen molar-refractivity contribution < 1.29 is 9.53 Å². The summed E-state index contributed by atoms with van der Waals surface area (Å²) in [5, 5.41) is 3.78. The maximum Gasteiger partial charge on any atom is 0.283 e. The molecule has 0 radical (unpaired) electrons. The Bertz CT molecular complexity index is 538. The third-order valence-corrected chi connectivity index (χ3v) is 3.09. The lowest BCUT2D eigenvalue weighted by Crippen LogP contribution is -2.29. The third kappa shape index (κ3) is 2.75. The summed E-state index contributed by atoms with van der Waals surface area (Å²) in [7, 11) is 1.60. The molecule has 0 aliphatic heterocycles. The van der Waals surface area contributed by atoms with Gasteiger partial charge in [-0.15, -0.1) is 5.10 Å². The molecule has 1 heterocycles. The number of aromatic nitrogens is 2. The average Bonchev–Trinajstić information content (AvgIpc) is 2.83. The molecule has 0 unspecified atom stereocenters. The Kier molecular flexibility index (Phi) is 3.73. The molecule has 2 rings (SSSR count). The van der Waals surface area contributed by atoms with E-state index in [1.807, 2.05) is 0 Å². The number of carbonyl (C=O) groups is 1. The zero-order valence-electron chi connectivity index (χ0n) is 9.93. The van der Waals surface area contributed by atoms with Crippen molar-refractivity contribution in [2.24, 2.45) is 0 Å². The maximum atomic E-state index is 11.8. The number of carbonyl (C=O) groups excluding carboxylic acids is 1. The standard InChI is InChI=1S/C11H12N4O2S/c1-7-10(18-15-12-7)11(16)14-13-8-3-5-9(17-2)6-4-8/h3-6,13H,1-2H3,(H,14,16). The Balaban J connectivity index is 1.95. The fraction of sp³-hybridized carbons (Fsp3) is 0.182. The molecule has 94 valence electrons. The highest BCUT2D eigenvalue weighted by atomic mass is 32.1. The van der Waals surface area contributed by atoms with Gasteiger partial charge >= 0.3 is 0 Å². The lowest BCUT2D eigenvalue weighted by atomic mass is 10.3. The highest BCUT2D eigenvalue weighted by molar-refractivity contribution is 7.08. The molecule has 18 heavy (non-hydrogen) atoms. The van der Waals surface area contributed by atoms with Gasteiger partial charge < -0.3 is 4.74 Å². The zero-order chi connectivity index (χ0) is 13.0. The minimum atomic E-state index is -0.252. The van der Waals surface area contributed by atoms with E-state index in [-0.39, 0.29) is 5.91 Å². The van der Waals surface area contributed by atoms with Crippen LogP contribution in [0.15, 0.2) is 24.3 Å². The van der Waals surface area contributed by atoms with Gasteiger partial charge in [0.25, 0.3) is 5.91 Å². The summed E-state index contributed by atoms with van der Waals surface area (Å²) in [5.74, 6) is 0.507. The van der Waals surface area contributed by atoms with Crippen LogP contribution in [0.2, 0.25) is 0 Å². The predicted octanol–water partition coefficient (Wildman–Crippen LogP) is 1.61. The van der Waals surface area contributed by atoms with Crippen molar-refractivity contribution in [3.8, 4) is 5.75 Å². The number of hydrazine groups is 1. The largest absolute Gasteiger partial charge is 0.497 e. The lowest BCUT2D eigenvalue weighted by molar-refractivity contribution is 0.0966. The second-order valence-corrected chi connectivity index (χ2v) is 4.25. The molecule has 1 aromatic carbocycles. The van der Waals surface area contributed by atoms with E-state index in [4.69, 9.17) is 4.74 Å². The molecule has 0 atom stereocenters. The fourth-order valence-electron chi connectivity index (χ4n) is 1.30. The van der Waals surface area contributed by atoms with Crippen LogP contribution in [0.25, 0.3) is 0 Å². The molecule has 0 fully saturated rings. The minimum absolute atomic E-state index is 0.252. The highest BCUT2D eigenvalue weighted by Crippen LogP contribution is 2.14. The van der Waals surface area contributed by atoms with Gasteiger partial charge in [-0.3, -0.25) is 15.6 Å². The van der Waals surface area contributed by atoms with Crippen LogP contribution >= 0.6 is 11.5 Å². The summed E-state index contributed by atoms with van der Waals surface area (Å²) >= 11 is 1.07. The van der Waals surface area contributed by atoms with Crippen molar-refractivity contribution in [1.29, 1.82) is 0 Å². The van der Waals surface area contributed by atoms with E-state index >= 15 is 0 Å². The second kappa shape index (κ2) is 5.46. The summed E-state index contributed by atoms with van der Waals surface area (Å²) in [6.45, 7) is 1.74. The molecule has 0 aliphatic rings. The van der Waals surface area contributed by atoms with Crippen LogP contribution in [0.5, 0.6) is 5.75 Å². The predicted molar refractivity (Wildman–Crippen MR) is 68.7 cm³/mol. The number of anilines is 1. The van der Waals surface area contributed by atoms with Gasteiger partial charge in [-0.2, -0.15) is 0 Å². The lowest BCUT2D eigenvalue weighted by Gasteiger charge is -2.08. The van der Waals surface area contributed by atoms with E-state index in [0.29, 0.717) is 10.6 Å². The van der Waals surface area contributed by atoms with Gasteiger partial charge in [-0.05, 0) is 42.7 Å². The first-order valence-corrected chi connectivity index (χ1v) is 5.97. The van der Waals surface area contributed by atoms with Crippen molar-refractivity contribution in [3.05, 3.63) is 34.8 Å². The molecule has 0 bridgehead atoms. The number of benzene rings is 1. The number of nitrogens with one attached hydrogen (secondary N) is 2. The molecule has 0 saturated heterocycles. The number of ether oxygens (including phenoxy) is 1. The Morgan fingerprint density at radius 2 is 2.06 bits per heavy atom. The zero-order valence-corrected chi connectivity index (χ0v) is 10.7. The van der Waals surface area contributed by atoms with Gasteiger partial charge in [0.15, 0.2) is 0 Å². The molecule has 1 aromatic heterocycles. The molecular weight excluding hydrogens is 252 g/mol. The van der Waals surface area contributed by atoms with Gasteiger partial charge in [0.05, 0.1) is 18.5 Å². The third-order valence-electron chi connectivity index (χ3n) is 2.27. The fourth-order valence-corrected chi connectivity index (χ4v) is 1.85. The molecule has 2 aromatic rings. The average molecular weight is 264 g/mol. The summed E-state index contributed by atoms with van der Waals surface area (Å²) in [5.41, 5.74) is 6.77. The minimum Gasteiger partial charge on any atom is -0.497 e. The van der Waals surface area contributed by atoms with E-state index in [9.17, 15) is 4.79 Å². The number of methoxy groups -OCH3 is 1. The normalized spacial score (nSPS) is 9.89. The first-order chi connectivity index (χ1) is 8.70. The first kappa shape index (κ1) is 12.3. The molecular formula is C11H12N4O2S. The van der Waals surface area contributed by atoms with Crippen LogP contribution in [-0.4, -0.2) is 22.6 Å². The number of hydrogen-bond donors (Lipinski definition) is 2. The molecule has 0 aliphatic carbocycles. The van der Waals surface area contributed by atoms with Crippen molar-refractivity contribution >= 4 is 23.1 Å². The van der Waals surface area contributed by atoms with Crippen LogP contribution in [0.4, 0.5) is 5.69 Å². The Hall–Kier alpha value is -2.15. The van der Waals surface area contributed by atoms with E-state index < -0.39 is 0 Å². The number of hydrogen-bond acceptors (Lipinski definition) is 6. The van der Waals surface area contributed by atoms with Crippen LogP contribution in [0.3, 0.4) is 0 Å². The summed E-state index contributed by atoms with van der Waals surface area (Å²) in [4.78, 5) is 12.3. The van der Waals surface area contributed by atoms with Crippen molar-refractivity contribution in [2.45, 2.75) is 6.92 Å². The van der Waals surface area contributed by atoms with Crippen LogP contribution in [0.1, 0.15) is 15.4 Å². The van der Waals surface area contributed by atoms with Crippen molar-refractivity contribution in [2.75, 3.05) is 12.5 Å². The van der Waals surface area contributed by atoms with E-state index in [0.717, 1.165) is 23.0 Å². The smallest absolute Gasteiger partial charge is 0.283 e. The monoisotopic (exact) mass is 264 g/mol. The van der Waals surface area contributed by atoms with Crippen molar-refractivity contribution in [3.63, 3.8) is 0 Å². The van der Waals surface area contributed by atoms with Gasteiger partial charge in [0, 0.05) is 0 Å². The number of aryl methyl sites for hydroxylation is 1. The van der Waals surface area contributed by atoms with Crippen LogP contribution in [-0.2, 0) is 0 Å². The topological polar surface area (TPSA) is 76.1 Å². The van der Waals surface area contributed by atoms with Gasteiger partial charge in [-0.25, -0.2) is 0 Å². The number of amides is 1. The Labute approximate surface area is 108 Å². The maximum absolute atomic E-state index is 11.8. The summed E-state index contributed by atoms with van der Waals surface area (Å²) < 4.78 is 8.75. The van der Waals surface area contributed by atoms with Crippen LogP contribution in [0, 0.1) is 6.92 Å². The van der Waals surface area contributed by atoms with Gasteiger partial charge in [-0.1, -0.05) is 4.49 Å². The van der Waals surface area contributed by atoms with Crippen LogP contribution < -0.4 is 15.6 Å². The SMILES string of the molecule is COc1ccc(NNC(=O)c2snnc2C)cc1. The Morgan fingerprint density at radius 3 is 2.61 bits per heavy atom. The van der Waals surface area contributed by atoms with Crippen molar-refractivity contribution in [1.82, 2.24) is 15.0 Å². The summed E-state index contributed by atoms with van der Waals surface area (Å²) in [6, 6.07) is 7.20. The molecule has 0 saturated carbocycles. The second-order valence-electron chi connectivity index (χ2n) is 3.50. The number of rotatable bonds is 4. The molecule has 2 N–H and O–H groups in total. The Morgan fingerprint density at radius 1 is 1.33 bits per heavy atom.